The Bertz CT molecular complexity index is 1030. The van der Waals surface area contributed by atoms with Crippen molar-refractivity contribution >= 4 is 45.6 Å². The lowest BCUT2D eigenvalue weighted by Gasteiger charge is -2.24. The first-order chi connectivity index (χ1) is 15.4. The van der Waals surface area contributed by atoms with Crippen molar-refractivity contribution in [2.75, 3.05) is 25.0 Å². The molecule has 1 fully saturated rings. The number of ether oxygens (including phenoxy) is 1. The number of nitrogens with zero attached hydrogens (tertiary/aromatic N) is 2. The topological polar surface area (TPSA) is 101 Å². The summed E-state index contributed by atoms with van der Waals surface area (Å²) < 4.78 is 32.6. The number of esters is 1. The molecule has 8 nitrogen and oxygen atoms in total. The summed E-state index contributed by atoms with van der Waals surface area (Å²) in [4.78, 5) is 43.7. The number of hydrogen-bond donors (Lipinski definition) is 2. The van der Waals surface area contributed by atoms with Crippen LogP contribution in [-0.4, -0.2) is 59.1 Å². The SMILES string of the molecule is Cc1sc([C@@H]2C[C@@H](F)CN2C(=O)CNCC(=O)OC(C)(C)C)cc1C(=O)Nc1ncc(F)s1. The molecule has 1 aliphatic heterocycles. The molecule has 2 amide bonds. The zero-order valence-electron chi connectivity index (χ0n) is 18.7. The fraction of sp³-hybridized carbons (Fsp3) is 0.524. The maximum Gasteiger partial charge on any atom is 0.320 e. The van der Waals surface area contributed by atoms with Crippen LogP contribution in [0.25, 0.3) is 0 Å². The van der Waals surface area contributed by atoms with Crippen LogP contribution >= 0.6 is 22.7 Å². The van der Waals surface area contributed by atoms with Crippen molar-refractivity contribution in [1.82, 2.24) is 15.2 Å². The molecular weight excluding hydrogens is 474 g/mol. The molecule has 1 saturated heterocycles. The van der Waals surface area contributed by atoms with Crippen LogP contribution in [0.3, 0.4) is 0 Å². The number of rotatable bonds is 7. The second-order valence-electron chi connectivity index (χ2n) is 8.63. The number of carbonyl (C=O) groups is 3. The van der Waals surface area contributed by atoms with E-state index < -0.39 is 34.8 Å². The molecule has 0 radical (unpaired) electrons. The number of anilines is 1. The van der Waals surface area contributed by atoms with Gasteiger partial charge in [-0.15, -0.1) is 11.3 Å². The highest BCUT2D eigenvalue weighted by molar-refractivity contribution is 7.14. The smallest absolute Gasteiger partial charge is 0.320 e. The fourth-order valence-corrected chi connectivity index (χ4v) is 5.14. The van der Waals surface area contributed by atoms with Crippen molar-refractivity contribution < 1.29 is 27.9 Å². The van der Waals surface area contributed by atoms with Crippen molar-refractivity contribution in [1.29, 1.82) is 0 Å². The van der Waals surface area contributed by atoms with Crippen molar-refractivity contribution in [3.05, 3.63) is 32.7 Å². The van der Waals surface area contributed by atoms with Crippen LogP contribution in [0.4, 0.5) is 13.9 Å². The van der Waals surface area contributed by atoms with Gasteiger partial charge in [0.05, 0.1) is 37.4 Å². The molecule has 180 valence electrons. The number of hydrogen-bond acceptors (Lipinski definition) is 8. The summed E-state index contributed by atoms with van der Waals surface area (Å²) in [6, 6.07) is 1.12. The van der Waals surface area contributed by atoms with Gasteiger partial charge in [0.25, 0.3) is 5.91 Å². The average Bonchev–Trinajstić information content (AvgIpc) is 3.38. The van der Waals surface area contributed by atoms with Crippen molar-refractivity contribution in [3.63, 3.8) is 0 Å². The number of alkyl halides is 1. The van der Waals surface area contributed by atoms with Crippen LogP contribution in [0.1, 0.15) is 53.3 Å². The van der Waals surface area contributed by atoms with Gasteiger partial charge in [0.2, 0.25) is 5.91 Å². The molecule has 2 atom stereocenters. The Kier molecular flexibility index (Phi) is 7.80. The van der Waals surface area contributed by atoms with Gasteiger partial charge in [-0.25, -0.2) is 9.37 Å². The lowest BCUT2D eigenvalue weighted by atomic mass is 10.1. The van der Waals surface area contributed by atoms with E-state index in [-0.39, 0.29) is 37.1 Å². The van der Waals surface area contributed by atoms with Crippen molar-refractivity contribution in [2.45, 2.75) is 51.9 Å². The summed E-state index contributed by atoms with van der Waals surface area (Å²) >= 11 is 2.02. The molecule has 33 heavy (non-hydrogen) atoms. The van der Waals surface area contributed by atoms with E-state index in [2.05, 4.69) is 15.6 Å². The standard InChI is InChI=1S/C21H26F2N4O4S2/c1-11-13(19(30)26-20-25-7-16(23)33-20)6-15(32-11)14-5-12(22)10-27(14)17(28)8-24-9-18(29)31-21(2,3)4/h6-7,12,14,24H,5,8-10H2,1-4H3,(H,25,26,30)/t12-,14+/m1/s1. The van der Waals surface area contributed by atoms with E-state index in [9.17, 15) is 23.2 Å². The Labute approximate surface area is 198 Å². The van der Waals surface area contributed by atoms with E-state index in [0.29, 0.717) is 15.3 Å². The van der Waals surface area contributed by atoms with E-state index in [1.54, 1.807) is 33.8 Å². The van der Waals surface area contributed by atoms with Crippen LogP contribution in [0.2, 0.25) is 0 Å². The zero-order valence-corrected chi connectivity index (χ0v) is 20.4. The summed E-state index contributed by atoms with van der Waals surface area (Å²) in [7, 11) is 0. The number of thiophene rings is 1. The minimum absolute atomic E-state index is 0.0610. The second-order valence-corrected chi connectivity index (χ2v) is 10.9. The van der Waals surface area contributed by atoms with E-state index in [4.69, 9.17) is 4.74 Å². The summed E-state index contributed by atoms with van der Waals surface area (Å²) in [6.45, 7) is 6.66. The Morgan fingerprint density at radius 1 is 1.27 bits per heavy atom. The van der Waals surface area contributed by atoms with E-state index in [0.717, 1.165) is 17.5 Å². The number of aromatic nitrogens is 1. The Morgan fingerprint density at radius 3 is 2.64 bits per heavy atom. The van der Waals surface area contributed by atoms with Crippen LogP contribution in [0.15, 0.2) is 12.3 Å². The summed E-state index contributed by atoms with van der Waals surface area (Å²) in [5, 5.41) is 4.93. The van der Waals surface area contributed by atoms with Crippen LogP contribution in [0.5, 0.6) is 0 Å². The lowest BCUT2D eigenvalue weighted by Crippen LogP contribution is -2.40. The third-order valence-electron chi connectivity index (χ3n) is 4.74. The quantitative estimate of drug-likeness (QED) is 0.565. The minimum atomic E-state index is -1.19. The first-order valence-electron chi connectivity index (χ1n) is 10.3. The molecular formula is C21H26F2N4O4S2. The fourth-order valence-electron chi connectivity index (χ4n) is 3.45. The van der Waals surface area contributed by atoms with Crippen molar-refractivity contribution in [2.24, 2.45) is 0 Å². The van der Waals surface area contributed by atoms with E-state index in [1.165, 1.54) is 16.2 Å². The third-order valence-corrected chi connectivity index (χ3v) is 6.60. The number of halogens is 2. The Balaban J connectivity index is 1.64. The number of thiazole rings is 1. The molecule has 12 heteroatoms. The number of likely N-dealkylation sites (tertiary alicyclic amines) is 1. The van der Waals surface area contributed by atoms with Gasteiger partial charge in [-0.2, -0.15) is 4.39 Å². The molecule has 0 saturated carbocycles. The van der Waals surface area contributed by atoms with E-state index >= 15 is 0 Å². The normalized spacial score (nSPS) is 18.4. The highest BCUT2D eigenvalue weighted by Crippen LogP contribution is 2.38. The van der Waals surface area contributed by atoms with Crippen LogP contribution < -0.4 is 10.6 Å². The summed E-state index contributed by atoms with van der Waals surface area (Å²) in [5.41, 5.74) is -0.262. The maximum atomic E-state index is 14.3. The number of aryl methyl sites for hydroxylation is 1. The Hall–Kier alpha value is -2.44. The molecule has 0 aromatic carbocycles. The van der Waals surface area contributed by atoms with Crippen molar-refractivity contribution in [3.8, 4) is 0 Å². The van der Waals surface area contributed by atoms with Gasteiger partial charge in [-0.1, -0.05) is 11.3 Å². The highest BCUT2D eigenvalue weighted by atomic mass is 32.1. The predicted octanol–water partition coefficient (Wildman–Crippen LogP) is 3.45. The highest BCUT2D eigenvalue weighted by Gasteiger charge is 2.37. The molecule has 0 spiro atoms. The number of carbonyl (C=O) groups excluding carboxylic acids is 3. The summed E-state index contributed by atoms with van der Waals surface area (Å²) in [5.74, 6) is -1.28. The van der Waals surface area contributed by atoms with Crippen LogP contribution in [0, 0.1) is 12.1 Å². The minimum Gasteiger partial charge on any atom is -0.459 e. The molecule has 2 aromatic heterocycles. The zero-order chi connectivity index (χ0) is 24.3. The largest absolute Gasteiger partial charge is 0.459 e. The number of nitrogens with one attached hydrogen (secondary N) is 2. The molecule has 0 unspecified atom stereocenters. The molecule has 2 N–H and O–H groups in total. The van der Waals surface area contributed by atoms with Gasteiger partial charge >= 0.3 is 5.97 Å². The van der Waals surface area contributed by atoms with Gasteiger partial charge in [-0.3, -0.25) is 25.0 Å². The van der Waals surface area contributed by atoms with Gasteiger partial charge in [0.15, 0.2) is 10.3 Å². The predicted molar refractivity (Wildman–Crippen MR) is 122 cm³/mol. The molecule has 0 bridgehead atoms. The molecule has 3 heterocycles. The maximum absolute atomic E-state index is 14.3. The molecule has 2 aromatic rings. The lowest BCUT2D eigenvalue weighted by molar-refractivity contribution is -0.153. The first-order valence-corrected chi connectivity index (χ1v) is 12.0. The number of amides is 2. The van der Waals surface area contributed by atoms with Gasteiger partial charge < -0.3 is 9.64 Å². The molecule has 1 aliphatic rings. The third kappa shape index (κ3) is 6.78. The molecule has 0 aliphatic carbocycles. The Morgan fingerprint density at radius 2 is 2.00 bits per heavy atom. The van der Waals surface area contributed by atoms with Gasteiger partial charge in [0.1, 0.15) is 11.8 Å². The second kappa shape index (κ2) is 10.2. The average molecular weight is 501 g/mol. The summed E-state index contributed by atoms with van der Waals surface area (Å²) in [6.07, 6.45) is -0.0501. The van der Waals surface area contributed by atoms with E-state index in [1.807, 2.05) is 0 Å². The monoisotopic (exact) mass is 500 g/mol. The van der Waals surface area contributed by atoms with Gasteiger partial charge in [0, 0.05) is 16.2 Å². The molecule has 3 rings (SSSR count). The van der Waals surface area contributed by atoms with Crippen LogP contribution in [-0.2, 0) is 14.3 Å². The first kappa shape index (κ1) is 25.2. The van der Waals surface area contributed by atoms with Gasteiger partial charge in [-0.05, 0) is 33.8 Å².